The van der Waals surface area contributed by atoms with Gasteiger partial charge in [-0.2, -0.15) is 11.8 Å². The van der Waals surface area contributed by atoms with Crippen molar-refractivity contribution in [2.75, 3.05) is 31.6 Å². The van der Waals surface area contributed by atoms with Crippen LogP contribution in [0.4, 0.5) is 0 Å². The summed E-state index contributed by atoms with van der Waals surface area (Å²) in [6, 6.07) is 1.37. The third-order valence-corrected chi connectivity index (χ3v) is 3.04. The number of thioether (sulfide) groups is 1. The van der Waals surface area contributed by atoms with E-state index in [1.165, 1.54) is 31.8 Å². The van der Waals surface area contributed by atoms with Gasteiger partial charge in [-0.05, 0) is 19.2 Å². The van der Waals surface area contributed by atoms with Crippen LogP contribution in [0, 0.1) is 0 Å². The molecule has 1 atom stereocenters. The molecule has 0 aromatic carbocycles. The quantitative estimate of drug-likeness (QED) is 0.726. The Balaban J connectivity index is 2.12. The molecular weight excluding hydrogens is 180 g/mol. The van der Waals surface area contributed by atoms with Crippen molar-refractivity contribution in [1.82, 2.24) is 10.2 Å². The normalized spacial score (nSPS) is 24.5. The molecule has 78 valence electrons. The average molecular weight is 202 g/mol. The molecule has 1 fully saturated rings. The van der Waals surface area contributed by atoms with E-state index < -0.39 is 0 Å². The third-order valence-electron chi connectivity index (χ3n) is 2.45. The second-order valence-electron chi connectivity index (χ2n) is 4.10. The lowest BCUT2D eigenvalue weighted by atomic mass is 10.2. The van der Waals surface area contributed by atoms with Gasteiger partial charge in [0.15, 0.2) is 0 Å². The standard InChI is InChI=1S/C10H22N2S/c1-9(2)11-10-4-5-12(8-10)6-7-13-3/h9-11H,4-8H2,1-3H3. The largest absolute Gasteiger partial charge is 0.310 e. The van der Waals surface area contributed by atoms with Crippen molar-refractivity contribution < 1.29 is 0 Å². The Morgan fingerprint density at radius 1 is 1.54 bits per heavy atom. The van der Waals surface area contributed by atoms with E-state index in [1.54, 1.807) is 0 Å². The first-order valence-electron chi connectivity index (χ1n) is 5.19. The van der Waals surface area contributed by atoms with E-state index in [4.69, 9.17) is 0 Å². The lowest BCUT2D eigenvalue weighted by Crippen LogP contribution is -2.37. The number of likely N-dealkylation sites (tertiary alicyclic amines) is 1. The predicted octanol–water partition coefficient (Wildman–Crippen LogP) is 1.42. The van der Waals surface area contributed by atoms with E-state index in [0.29, 0.717) is 6.04 Å². The van der Waals surface area contributed by atoms with Gasteiger partial charge in [-0.25, -0.2) is 0 Å². The summed E-state index contributed by atoms with van der Waals surface area (Å²) in [6.45, 7) is 8.25. The summed E-state index contributed by atoms with van der Waals surface area (Å²) in [5.41, 5.74) is 0. The molecule has 13 heavy (non-hydrogen) atoms. The van der Waals surface area contributed by atoms with Gasteiger partial charge in [0.25, 0.3) is 0 Å². The van der Waals surface area contributed by atoms with Crippen LogP contribution in [0.1, 0.15) is 20.3 Å². The molecular formula is C10H22N2S. The van der Waals surface area contributed by atoms with Gasteiger partial charge >= 0.3 is 0 Å². The van der Waals surface area contributed by atoms with Crippen LogP contribution in [0.3, 0.4) is 0 Å². The fraction of sp³-hybridized carbons (Fsp3) is 1.00. The number of nitrogens with zero attached hydrogens (tertiary/aromatic N) is 1. The molecule has 1 saturated heterocycles. The summed E-state index contributed by atoms with van der Waals surface area (Å²) < 4.78 is 0. The molecule has 0 amide bonds. The average Bonchev–Trinajstić information content (AvgIpc) is 2.48. The summed E-state index contributed by atoms with van der Waals surface area (Å²) in [5.74, 6) is 1.27. The topological polar surface area (TPSA) is 15.3 Å². The van der Waals surface area contributed by atoms with Crippen molar-refractivity contribution in [2.45, 2.75) is 32.4 Å². The van der Waals surface area contributed by atoms with E-state index in [0.717, 1.165) is 6.04 Å². The molecule has 1 aliphatic heterocycles. The van der Waals surface area contributed by atoms with Gasteiger partial charge in [-0.3, -0.25) is 0 Å². The summed E-state index contributed by atoms with van der Waals surface area (Å²) >= 11 is 1.94. The van der Waals surface area contributed by atoms with Gasteiger partial charge in [0.2, 0.25) is 0 Å². The first-order chi connectivity index (χ1) is 6.22. The SMILES string of the molecule is CSCCN1CCC(NC(C)C)C1. The van der Waals surface area contributed by atoms with E-state index in [1.807, 2.05) is 11.8 Å². The molecule has 0 bridgehead atoms. The van der Waals surface area contributed by atoms with Crippen molar-refractivity contribution >= 4 is 11.8 Å². The van der Waals surface area contributed by atoms with E-state index >= 15 is 0 Å². The molecule has 3 heteroatoms. The fourth-order valence-electron chi connectivity index (χ4n) is 1.86. The number of hydrogen-bond donors (Lipinski definition) is 1. The van der Waals surface area contributed by atoms with Gasteiger partial charge in [0.05, 0.1) is 0 Å². The molecule has 2 nitrogen and oxygen atoms in total. The summed E-state index contributed by atoms with van der Waals surface area (Å²) in [6.07, 6.45) is 3.51. The zero-order chi connectivity index (χ0) is 9.68. The Hall–Kier alpha value is 0.270. The molecule has 1 aliphatic rings. The highest BCUT2D eigenvalue weighted by molar-refractivity contribution is 7.98. The van der Waals surface area contributed by atoms with Crippen molar-refractivity contribution in [1.29, 1.82) is 0 Å². The smallest absolute Gasteiger partial charge is 0.0209 e. The first-order valence-corrected chi connectivity index (χ1v) is 6.59. The molecule has 0 aromatic heterocycles. The molecule has 0 aliphatic carbocycles. The zero-order valence-electron chi connectivity index (χ0n) is 9.05. The minimum atomic E-state index is 0.630. The van der Waals surface area contributed by atoms with Crippen LogP contribution in [-0.4, -0.2) is 48.6 Å². The van der Waals surface area contributed by atoms with Gasteiger partial charge < -0.3 is 10.2 Å². The molecule has 0 saturated carbocycles. The lowest BCUT2D eigenvalue weighted by molar-refractivity contribution is 0.344. The Morgan fingerprint density at radius 3 is 2.92 bits per heavy atom. The van der Waals surface area contributed by atoms with Crippen LogP contribution >= 0.6 is 11.8 Å². The second kappa shape index (κ2) is 5.89. The maximum atomic E-state index is 3.60. The van der Waals surface area contributed by atoms with Crippen molar-refractivity contribution in [2.24, 2.45) is 0 Å². The van der Waals surface area contributed by atoms with Gasteiger partial charge in [0, 0.05) is 30.9 Å². The van der Waals surface area contributed by atoms with Crippen molar-refractivity contribution in [3.63, 3.8) is 0 Å². The van der Waals surface area contributed by atoms with E-state index in [2.05, 4.69) is 30.3 Å². The number of nitrogens with one attached hydrogen (secondary N) is 1. The molecule has 1 heterocycles. The second-order valence-corrected chi connectivity index (χ2v) is 5.09. The van der Waals surface area contributed by atoms with Crippen LogP contribution < -0.4 is 5.32 Å². The lowest BCUT2D eigenvalue weighted by Gasteiger charge is -2.17. The maximum absolute atomic E-state index is 3.60. The third kappa shape index (κ3) is 4.34. The molecule has 0 radical (unpaired) electrons. The summed E-state index contributed by atoms with van der Waals surface area (Å²) in [7, 11) is 0. The van der Waals surface area contributed by atoms with Crippen LogP contribution in [0.5, 0.6) is 0 Å². The number of rotatable bonds is 5. The first kappa shape index (κ1) is 11.3. The highest BCUT2D eigenvalue weighted by atomic mass is 32.2. The van der Waals surface area contributed by atoms with Crippen LogP contribution in [-0.2, 0) is 0 Å². The van der Waals surface area contributed by atoms with Gasteiger partial charge in [0.1, 0.15) is 0 Å². The van der Waals surface area contributed by atoms with Crippen LogP contribution in [0.25, 0.3) is 0 Å². The Morgan fingerprint density at radius 2 is 2.31 bits per heavy atom. The Labute approximate surface area is 86.5 Å². The predicted molar refractivity (Wildman–Crippen MR) is 61.5 cm³/mol. The monoisotopic (exact) mass is 202 g/mol. The summed E-state index contributed by atoms with van der Waals surface area (Å²) in [5, 5.41) is 3.60. The maximum Gasteiger partial charge on any atom is 0.0209 e. The zero-order valence-corrected chi connectivity index (χ0v) is 9.86. The molecule has 1 unspecified atom stereocenters. The molecule has 1 rings (SSSR count). The van der Waals surface area contributed by atoms with E-state index in [-0.39, 0.29) is 0 Å². The van der Waals surface area contributed by atoms with Gasteiger partial charge in [-0.1, -0.05) is 13.8 Å². The fourth-order valence-corrected chi connectivity index (χ4v) is 2.30. The number of hydrogen-bond acceptors (Lipinski definition) is 3. The minimum Gasteiger partial charge on any atom is -0.310 e. The van der Waals surface area contributed by atoms with Gasteiger partial charge in [-0.15, -0.1) is 0 Å². The highest BCUT2D eigenvalue weighted by Gasteiger charge is 2.21. The van der Waals surface area contributed by atoms with Crippen molar-refractivity contribution in [3.05, 3.63) is 0 Å². The van der Waals surface area contributed by atoms with E-state index in [9.17, 15) is 0 Å². The van der Waals surface area contributed by atoms with Crippen LogP contribution in [0.2, 0.25) is 0 Å². The van der Waals surface area contributed by atoms with Crippen molar-refractivity contribution in [3.8, 4) is 0 Å². The molecule has 0 aromatic rings. The van der Waals surface area contributed by atoms with Crippen LogP contribution in [0.15, 0.2) is 0 Å². The Bertz CT molecular complexity index is 139. The molecule has 1 N–H and O–H groups in total. The Kier molecular flexibility index (Phi) is 5.14. The highest BCUT2D eigenvalue weighted by Crippen LogP contribution is 2.10. The minimum absolute atomic E-state index is 0.630. The summed E-state index contributed by atoms with van der Waals surface area (Å²) in [4.78, 5) is 2.57. The molecule has 0 spiro atoms.